The van der Waals surface area contributed by atoms with Crippen molar-refractivity contribution in [3.8, 4) is 11.5 Å². The lowest BCUT2D eigenvalue weighted by atomic mass is 10.3. The summed E-state index contributed by atoms with van der Waals surface area (Å²) < 4.78 is 22.2. The fraction of sp³-hybridized carbons (Fsp3) is 0.250. The molecule has 0 saturated heterocycles. The maximum Gasteiger partial charge on any atom is 0.188 e. The number of benzene rings is 1. The van der Waals surface area contributed by atoms with Crippen LogP contribution < -0.4 is 4.74 Å². The predicted molar refractivity (Wildman–Crippen MR) is 40.6 cm³/mol. The summed E-state index contributed by atoms with van der Waals surface area (Å²) in [6.45, 7) is -0.0413. The zero-order valence-corrected chi connectivity index (χ0v) is 6.58. The van der Waals surface area contributed by atoms with Crippen LogP contribution in [0.5, 0.6) is 11.5 Å². The molecule has 0 bridgehead atoms. The SMILES string of the molecule is COCOc1cc(O)ccc1F. The molecule has 1 aromatic rings. The van der Waals surface area contributed by atoms with Gasteiger partial charge < -0.3 is 14.6 Å². The second kappa shape index (κ2) is 3.92. The van der Waals surface area contributed by atoms with Crippen LogP contribution in [0.3, 0.4) is 0 Å². The number of ether oxygens (including phenoxy) is 2. The highest BCUT2D eigenvalue weighted by Crippen LogP contribution is 2.22. The van der Waals surface area contributed by atoms with Crippen molar-refractivity contribution in [1.82, 2.24) is 0 Å². The largest absolute Gasteiger partial charge is 0.508 e. The summed E-state index contributed by atoms with van der Waals surface area (Å²) in [6, 6.07) is 3.56. The van der Waals surface area contributed by atoms with Crippen molar-refractivity contribution in [2.24, 2.45) is 0 Å². The van der Waals surface area contributed by atoms with Crippen molar-refractivity contribution in [1.29, 1.82) is 0 Å². The Hall–Kier alpha value is -1.29. The lowest BCUT2D eigenvalue weighted by Gasteiger charge is -2.05. The summed E-state index contributed by atoms with van der Waals surface area (Å²) in [6.07, 6.45) is 0. The second-order valence-corrected chi connectivity index (χ2v) is 2.17. The highest BCUT2D eigenvalue weighted by molar-refractivity contribution is 5.33. The lowest BCUT2D eigenvalue weighted by Crippen LogP contribution is -2.00. The molecule has 0 aliphatic heterocycles. The van der Waals surface area contributed by atoms with Gasteiger partial charge in [0, 0.05) is 13.2 Å². The zero-order chi connectivity index (χ0) is 8.97. The average molecular weight is 172 g/mol. The van der Waals surface area contributed by atoms with Gasteiger partial charge in [0.05, 0.1) is 0 Å². The number of rotatable bonds is 3. The first-order valence-corrected chi connectivity index (χ1v) is 3.34. The quantitative estimate of drug-likeness (QED) is 0.702. The third kappa shape index (κ3) is 2.10. The molecule has 0 fully saturated rings. The first-order chi connectivity index (χ1) is 5.74. The van der Waals surface area contributed by atoms with E-state index >= 15 is 0 Å². The van der Waals surface area contributed by atoms with E-state index < -0.39 is 5.82 Å². The van der Waals surface area contributed by atoms with Gasteiger partial charge in [-0.05, 0) is 12.1 Å². The molecule has 0 saturated carbocycles. The Balaban J connectivity index is 2.75. The molecule has 0 heterocycles. The van der Waals surface area contributed by atoms with Crippen LogP contribution >= 0.6 is 0 Å². The summed E-state index contributed by atoms with van der Waals surface area (Å²) >= 11 is 0. The normalized spacial score (nSPS) is 9.83. The third-order valence-corrected chi connectivity index (χ3v) is 1.25. The van der Waals surface area contributed by atoms with Gasteiger partial charge in [0.2, 0.25) is 0 Å². The van der Waals surface area contributed by atoms with Crippen molar-refractivity contribution in [2.75, 3.05) is 13.9 Å². The molecular weight excluding hydrogens is 163 g/mol. The molecule has 0 atom stereocenters. The molecule has 0 radical (unpaired) electrons. The minimum Gasteiger partial charge on any atom is -0.508 e. The maximum absolute atomic E-state index is 12.8. The molecule has 1 N–H and O–H groups in total. The molecule has 66 valence electrons. The van der Waals surface area contributed by atoms with Gasteiger partial charge in [0.15, 0.2) is 18.4 Å². The second-order valence-electron chi connectivity index (χ2n) is 2.17. The highest BCUT2D eigenvalue weighted by Gasteiger charge is 2.03. The number of aromatic hydroxyl groups is 1. The number of phenols is 1. The molecular formula is C8H9FO3. The van der Waals surface area contributed by atoms with E-state index in [9.17, 15) is 4.39 Å². The van der Waals surface area contributed by atoms with Gasteiger partial charge in [-0.15, -0.1) is 0 Å². The van der Waals surface area contributed by atoms with Gasteiger partial charge in [-0.1, -0.05) is 0 Å². The number of hydrogen-bond acceptors (Lipinski definition) is 3. The molecule has 0 aromatic heterocycles. The van der Waals surface area contributed by atoms with E-state index in [0.29, 0.717) is 0 Å². The molecule has 4 heteroatoms. The standard InChI is InChI=1S/C8H9FO3/c1-11-5-12-8-4-6(10)2-3-7(8)9/h2-4,10H,5H2,1H3. The highest BCUT2D eigenvalue weighted by atomic mass is 19.1. The monoisotopic (exact) mass is 172 g/mol. The lowest BCUT2D eigenvalue weighted by molar-refractivity contribution is 0.0481. The zero-order valence-electron chi connectivity index (χ0n) is 6.58. The van der Waals surface area contributed by atoms with Gasteiger partial charge in [-0.25, -0.2) is 4.39 Å². The summed E-state index contributed by atoms with van der Waals surface area (Å²) in [5, 5.41) is 8.95. The van der Waals surface area contributed by atoms with Crippen molar-refractivity contribution in [3.63, 3.8) is 0 Å². The fourth-order valence-electron chi connectivity index (χ4n) is 0.725. The topological polar surface area (TPSA) is 38.7 Å². The van der Waals surface area contributed by atoms with Crippen molar-refractivity contribution >= 4 is 0 Å². The summed E-state index contributed by atoms with van der Waals surface area (Å²) in [7, 11) is 1.43. The third-order valence-electron chi connectivity index (χ3n) is 1.25. The van der Waals surface area contributed by atoms with Crippen LogP contribution in [0.4, 0.5) is 4.39 Å². The Morgan fingerprint density at radius 2 is 2.25 bits per heavy atom. The van der Waals surface area contributed by atoms with E-state index in [4.69, 9.17) is 9.84 Å². The molecule has 0 unspecified atom stereocenters. The average Bonchev–Trinajstić information content (AvgIpc) is 2.07. The van der Waals surface area contributed by atoms with Gasteiger partial charge in [0.25, 0.3) is 0 Å². The van der Waals surface area contributed by atoms with E-state index in [1.54, 1.807) is 0 Å². The maximum atomic E-state index is 12.8. The molecule has 0 amide bonds. The van der Waals surface area contributed by atoms with E-state index in [2.05, 4.69) is 4.74 Å². The van der Waals surface area contributed by atoms with E-state index in [-0.39, 0.29) is 18.3 Å². The minimum atomic E-state index is -0.523. The molecule has 1 rings (SSSR count). The predicted octanol–water partition coefficient (Wildman–Crippen LogP) is 1.51. The Labute approximate surface area is 69.3 Å². The van der Waals surface area contributed by atoms with Gasteiger partial charge in [-0.2, -0.15) is 0 Å². The molecule has 0 spiro atoms. The smallest absolute Gasteiger partial charge is 0.188 e. The molecule has 1 aromatic carbocycles. The van der Waals surface area contributed by atoms with Gasteiger partial charge >= 0.3 is 0 Å². The molecule has 3 nitrogen and oxygen atoms in total. The summed E-state index contributed by atoms with van der Waals surface area (Å²) in [4.78, 5) is 0. The fourth-order valence-corrected chi connectivity index (χ4v) is 0.725. The minimum absolute atomic E-state index is 0.0168. The Morgan fingerprint density at radius 1 is 1.50 bits per heavy atom. The van der Waals surface area contributed by atoms with Crippen LogP contribution in [0.25, 0.3) is 0 Å². The van der Waals surface area contributed by atoms with Crippen molar-refractivity contribution in [2.45, 2.75) is 0 Å². The van der Waals surface area contributed by atoms with Crippen molar-refractivity contribution in [3.05, 3.63) is 24.0 Å². The van der Waals surface area contributed by atoms with Crippen LogP contribution in [0.2, 0.25) is 0 Å². The first-order valence-electron chi connectivity index (χ1n) is 3.34. The summed E-state index contributed by atoms with van der Waals surface area (Å²) in [5.41, 5.74) is 0. The van der Waals surface area contributed by atoms with Crippen LogP contribution in [0.1, 0.15) is 0 Å². The molecule has 12 heavy (non-hydrogen) atoms. The number of phenolic OH excluding ortho intramolecular Hbond substituents is 1. The van der Waals surface area contributed by atoms with Crippen LogP contribution in [-0.4, -0.2) is 19.0 Å². The van der Waals surface area contributed by atoms with Gasteiger partial charge in [0.1, 0.15) is 5.75 Å². The van der Waals surface area contributed by atoms with Crippen LogP contribution in [-0.2, 0) is 4.74 Å². The number of hydrogen-bond donors (Lipinski definition) is 1. The van der Waals surface area contributed by atoms with E-state index in [1.165, 1.54) is 19.2 Å². The van der Waals surface area contributed by atoms with Crippen LogP contribution in [0, 0.1) is 5.82 Å². The van der Waals surface area contributed by atoms with Crippen LogP contribution in [0.15, 0.2) is 18.2 Å². The van der Waals surface area contributed by atoms with E-state index in [1.807, 2.05) is 0 Å². The Kier molecular flexibility index (Phi) is 2.88. The number of methoxy groups -OCH3 is 1. The van der Waals surface area contributed by atoms with E-state index in [0.717, 1.165) is 6.07 Å². The van der Waals surface area contributed by atoms with Gasteiger partial charge in [-0.3, -0.25) is 0 Å². The molecule has 0 aliphatic rings. The Bertz CT molecular complexity index is 262. The Morgan fingerprint density at radius 3 is 2.92 bits per heavy atom. The summed E-state index contributed by atoms with van der Waals surface area (Å²) in [5.74, 6) is -0.579. The number of halogens is 1. The first kappa shape index (κ1) is 8.80. The molecule has 0 aliphatic carbocycles. The van der Waals surface area contributed by atoms with Crippen molar-refractivity contribution < 1.29 is 19.0 Å².